The van der Waals surface area contributed by atoms with E-state index in [9.17, 15) is 10.1 Å². The highest BCUT2D eigenvalue weighted by Gasteiger charge is 2.19. The molecular formula is C14H23N5O3. The van der Waals surface area contributed by atoms with Crippen molar-refractivity contribution in [1.82, 2.24) is 10.3 Å². The second-order valence-electron chi connectivity index (χ2n) is 4.48. The van der Waals surface area contributed by atoms with Crippen LogP contribution in [-0.2, 0) is 0 Å². The third-order valence-corrected chi connectivity index (χ3v) is 3.04. The molecule has 1 aromatic carbocycles. The number of rotatable bonds is 8. The van der Waals surface area contributed by atoms with E-state index in [1.165, 1.54) is 6.07 Å². The van der Waals surface area contributed by atoms with E-state index in [1.807, 2.05) is 13.8 Å². The summed E-state index contributed by atoms with van der Waals surface area (Å²) in [5.41, 5.74) is 6.58. The third-order valence-electron chi connectivity index (χ3n) is 3.04. The van der Waals surface area contributed by atoms with Crippen LogP contribution in [0.2, 0.25) is 0 Å². The van der Waals surface area contributed by atoms with Gasteiger partial charge in [-0.25, -0.2) is 4.63 Å². The van der Waals surface area contributed by atoms with E-state index in [1.54, 1.807) is 6.07 Å². The Labute approximate surface area is 129 Å². The summed E-state index contributed by atoms with van der Waals surface area (Å²) in [5.74, 6) is 0. The molecule has 0 saturated heterocycles. The van der Waals surface area contributed by atoms with Gasteiger partial charge in [0.2, 0.25) is 5.52 Å². The van der Waals surface area contributed by atoms with Gasteiger partial charge in [0.05, 0.1) is 10.6 Å². The van der Waals surface area contributed by atoms with Crippen molar-refractivity contribution in [3.8, 4) is 0 Å². The largest absolute Gasteiger partial charge is 0.383 e. The van der Waals surface area contributed by atoms with Crippen LogP contribution in [0.1, 0.15) is 39.5 Å². The maximum absolute atomic E-state index is 10.9. The SMILES string of the molecule is CC.NCCCCCCNc1ccc([N+](=O)[O-])c2nonc12. The van der Waals surface area contributed by atoms with Gasteiger partial charge >= 0.3 is 5.69 Å². The fourth-order valence-corrected chi connectivity index (χ4v) is 1.99. The zero-order valence-electron chi connectivity index (χ0n) is 13.0. The monoisotopic (exact) mass is 309 g/mol. The average molecular weight is 309 g/mol. The van der Waals surface area contributed by atoms with Gasteiger partial charge in [-0.05, 0) is 35.8 Å². The number of anilines is 1. The molecule has 22 heavy (non-hydrogen) atoms. The molecular weight excluding hydrogens is 286 g/mol. The molecule has 0 atom stereocenters. The molecule has 2 aromatic rings. The smallest absolute Gasteiger partial charge is 0.300 e. The number of nitrogens with zero attached hydrogens (tertiary/aromatic N) is 3. The Morgan fingerprint density at radius 2 is 1.86 bits per heavy atom. The topological polar surface area (TPSA) is 120 Å². The number of fused-ring (bicyclic) bond motifs is 1. The first-order valence-corrected chi connectivity index (χ1v) is 7.57. The van der Waals surface area contributed by atoms with Crippen molar-refractivity contribution < 1.29 is 9.55 Å². The summed E-state index contributed by atoms with van der Waals surface area (Å²) in [5, 5.41) is 21.4. The van der Waals surface area contributed by atoms with Crippen molar-refractivity contribution >= 4 is 22.4 Å². The first-order valence-electron chi connectivity index (χ1n) is 7.57. The summed E-state index contributed by atoms with van der Waals surface area (Å²) in [4.78, 5) is 10.4. The molecule has 0 aliphatic heterocycles. The number of hydrogen-bond donors (Lipinski definition) is 2. The van der Waals surface area contributed by atoms with E-state index in [0.29, 0.717) is 11.2 Å². The Morgan fingerprint density at radius 3 is 2.55 bits per heavy atom. The molecule has 1 aromatic heterocycles. The van der Waals surface area contributed by atoms with Gasteiger partial charge in [0.1, 0.15) is 0 Å². The molecule has 8 nitrogen and oxygen atoms in total. The van der Waals surface area contributed by atoms with Crippen LogP contribution in [0.15, 0.2) is 16.8 Å². The first-order chi connectivity index (χ1) is 10.7. The van der Waals surface area contributed by atoms with Gasteiger partial charge < -0.3 is 11.1 Å². The average Bonchev–Trinajstić information content (AvgIpc) is 3.02. The van der Waals surface area contributed by atoms with Crippen LogP contribution in [0, 0.1) is 10.1 Å². The lowest BCUT2D eigenvalue weighted by Crippen LogP contribution is -2.03. The quantitative estimate of drug-likeness (QED) is 0.436. The van der Waals surface area contributed by atoms with Gasteiger partial charge in [-0.1, -0.05) is 26.7 Å². The molecule has 0 unspecified atom stereocenters. The second-order valence-corrected chi connectivity index (χ2v) is 4.48. The van der Waals surface area contributed by atoms with Crippen molar-refractivity contribution in [2.75, 3.05) is 18.4 Å². The standard InChI is InChI=1S/C12H17N5O3.C2H6/c13-7-3-1-2-4-8-14-9-5-6-10(17(18)19)12-11(9)15-20-16-12;1-2/h5-6,14H,1-4,7-8,13H2;1-2H3. The summed E-state index contributed by atoms with van der Waals surface area (Å²) >= 11 is 0. The minimum Gasteiger partial charge on any atom is -0.383 e. The van der Waals surface area contributed by atoms with E-state index in [2.05, 4.69) is 20.3 Å². The summed E-state index contributed by atoms with van der Waals surface area (Å²) in [7, 11) is 0. The molecule has 122 valence electrons. The number of nitrogens with one attached hydrogen (secondary N) is 1. The first kappa shape index (κ1) is 17.8. The molecule has 0 aliphatic carbocycles. The summed E-state index contributed by atoms with van der Waals surface area (Å²) in [6, 6.07) is 3.04. The Balaban J connectivity index is 0.00000116. The number of non-ortho nitro benzene ring substituents is 1. The second kappa shape index (κ2) is 9.67. The van der Waals surface area contributed by atoms with Gasteiger partial charge in [0.25, 0.3) is 0 Å². The van der Waals surface area contributed by atoms with Crippen LogP contribution in [0.4, 0.5) is 11.4 Å². The minimum absolute atomic E-state index is 0.102. The van der Waals surface area contributed by atoms with E-state index in [0.717, 1.165) is 38.8 Å². The van der Waals surface area contributed by atoms with Crippen molar-refractivity contribution in [1.29, 1.82) is 0 Å². The predicted molar refractivity (Wildman–Crippen MR) is 85.8 cm³/mol. The van der Waals surface area contributed by atoms with Crippen molar-refractivity contribution in [2.24, 2.45) is 5.73 Å². The number of unbranched alkanes of at least 4 members (excludes halogenated alkanes) is 3. The fraction of sp³-hybridized carbons (Fsp3) is 0.571. The fourth-order valence-electron chi connectivity index (χ4n) is 1.99. The number of benzene rings is 1. The zero-order chi connectivity index (χ0) is 16.4. The lowest BCUT2D eigenvalue weighted by molar-refractivity contribution is -0.383. The molecule has 8 heteroatoms. The van der Waals surface area contributed by atoms with Crippen molar-refractivity contribution in [3.05, 3.63) is 22.2 Å². The Morgan fingerprint density at radius 1 is 1.18 bits per heavy atom. The lowest BCUT2D eigenvalue weighted by atomic mass is 10.2. The maximum atomic E-state index is 10.9. The number of nitrogens with two attached hydrogens (primary N) is 1. The van der Waals surface area contributed by atoms with Crippen LogP contribution in [0.3, 0.4) is 0 Å². The molecule has 1 heterocycles. The van der Waals surface area contributed by atoms with Gasteiger partial charge in [0.15, 0.2) is 5.52 Å². The molecule has 0 bridgehead atoms. The van der Waals surface area contributed by atoms with Crippen LogP contribution >= 0.6 is 0 Å². The van der Waals surface area contributed by atoms with Crippen LogP contribution in [0.25, 0.3) is 11.0 Å². The minimum atomic E-state index is -0.497. The summed E-state index contributed by atoms with van der Waals surface area (Å²) < 4.78 is 4.60. The highest BCUT2D eigenvalue weighted by molar-refractivity contribution is 5.93. The van der Waals surface area contributed by atoms with Gasteiger partial charge in [-0.3, -0.25) is 10.1 Å². The van der Waals surface area contributed by atoms with E-state index in [-0.39, 0.29) is 11.2 Å². The van der Waals surface area contributed by atoms with Crippen molar-refractivity contribution in [3.63, 3.8) is 0 Å². The molecule has 0 fully saturated rings. The number of nitro groups is 1. The van der Waals surface area contributed by atoms with Gasteiger partial charge in [-0.15, -0.1) is 0 Å². The maximum Gasteiger partial charge on any atom is 0.300 e. The Bertz CT molecular complexity index is 585. The molecule has 2 rings (SSSR count). The predicted octanol–water partition coefficient (Wildman–Crippen LogP) is 3.09. The normalized spacial score (nSPS) is 10.1. The van der Waals surface area contributed by atoms with Gasteiger partial charge in [-0.2, -0.15) is 0 Å². The van der Waals surface area contributed by atoms with Crippen LogP contribution in [-0.4, -0.2) is 28.3 Å². The number of nitro benzene ring substituents is 1. The Hall–Kier alpha value is -2.22. The summed E-state index contributed by atoms with van der Waals surface area (Å²) in [6.07, 6.45) is 4.25. The van der Waals surface area contributed by atoms with E-state index in [4.69, 9.17) is 5.73 Å². The van der Waals surface area contributed by atoms with E-state index >= 15 is 0 Å². The molecule has 0 spiro atoms. The lowest BCUT2D eigenvalue weighted by Gasteiger charge is -2.06. The molecule has 3 N–H and O–H groups in total. The zero-order valence-corrected chi connectivity index (χ0v) is 13.0. The molecule has 0 amide bonds. The highest BCUT2D eigenvalue weighted by Crippen LogP contribution is 2.28. The third kappa shape index (κ3) is 4.66. The van der Waals surface area contributed by atoms with Crippen molar-refractivity contribution in [2.45, 2.75) is 39.5 Å². The highest BCUT2D eigenvalue weighted by atomic mass is 16.6. The van der Waals surface area contributed by atoms with Crippen LogP contribution < -0.4 is 11.1 Å². The number of hydrogen-bond acceptors (Lipinski definition) is 7. The number of aromatic nitrogens is 2. The molecule has 0 radical (unpaired) electrons. The van der Waals surface area contributed by atoms with E-state index < -0.39 is 4.92 Å². The van der Waals surface area contributed by atoms with Gasteiger partial charge in [0, 0.05) is 12.6 Å². The molecule has 0 aliphatic rings. The molecule has 0 saturated carbocycles. The Kier molecular flexibility index (Phi) is 7.84. The summed E-state index contributed by atoms with van der Waals surface area (Å²) in [6.45, 7) is 5.49. The van der Waals surface area contributed by atoms with Crippen LogP contribution in [0.5, 0.6) is 0 Å².